The fourth-order valence-electron chi connectivity index (χ4n) is 2.05. The molecule has 0 unspecified atom stereocenters. The number of hydrogen-bond acceptors (Lipinski definition) is 2. The maximum absolute atomic E-state index is 12.0. The Kier molecular flexibility index (Phi) is 5.94. The Bertz CT molecular complexity index is 686. The molecule has 2 N–H and O–H groups in total. The third kappa shape index (κ3) is 4.30. The van der Waals surface area contributed by atoms with Crippen LogP contribution in [0.3, 0.4) is 0 Å². The van der Waals surface area contributed by atoms with E-state index in [1.807, 2.05) is 43.3 Å². The van der Waals surface area contributed by atoms with Crippen molar-refractivity contribution in [3.63, 3.8) is 0 Å². The summed E-state index contributed by atoms with van der Waals surface area (Å²) in [7, 11) is 0. The van der Waals surface area contributed by atoms with Crippen molar-refractivity contribution in [1.29, 1.82) is 0 Å². The van der Waals surface area contributed by atoms with Gasteiger partial charge in [0.05, 0.1) is 12.1 Å². The van der Waals surface area contributed by atoms with Gasteiger partial charge in [0.25, 0.3) is 5.91 Å². The van der Waals surface area contributed by atoms with E-state index in [1.54, 1.807) is 12.1 Å². The normalized spacial score (nSPS) is 10.1. The van der Waals surface area contributed by atoms with E-state index in [1.165, 1.54) is 0 Å². The quantitative estimate of drug-likeness (QED) is 0.747. The molecule has 2 amide bonds. The van der Waals surface area contributed by atoms with Crippen molar-refractivity contribution >= 4 is 40.1 Å². The minimum absolute atomic E-state index is 0.0537. The predicted octanol–water partition coefficient (Wildman–Crippen LogP) is 3.22. The maximum Gasteiger partial charge on any atom is 0.252 e. The van der Waals surface area contributed by atoms with Gasteiger partial charge in [-0.3, -0.25) is 9.59 Å². The third-order valence-electron chi connectivity index (χ3n) is 3.20. The molecule has 0 heterocycles. The molecule has 114 valence electrons. The zero-order valence-corrected chi connectivity index (χ0v) is 14.4. The summed E-state index contributed by atoms with van der Waals surface area (Å²) in [4.78, 5) is 24.0. The molecule has 22 heavy (non-hydrogen) atoms. The van der Waals surface area contributed by atoms with Crippen LogP contribution in [0.5, 0.6) is 0 Å². The number of halogens is 1. The van der Waals surface area contributed by atoms with Gasteiger partial charge in [-0.1, -0.05) is 37.3 Å². The molecule has 0 saturated carbocycles. The average Bonchev–Trinajstić information content (AvgIpc) is 2.53. The van der Waals surface area contributed by atoms with Gasteiger partial charge in [-0.25, -0.2) is 0 Å². The highest BCUT2D eigenvalue weighted by molar-refractivity contribution is 14.1. The Morgan fingerprint density at radius 3 is 2.45 bits per heavy atom. The smallest absolute Gasteiger partial charge is 0.252 e. The van der Waals surface area contributed by atoms with Crippen LogP contribution in [0.15, 0.2) is 48.5 Å². The number of carbonyl (C=O) groups is 2. The molecule has 0 fully saturated rings. The molecule has 0 saturated heterocycles. The van der Waals surface area contributed by atoms with Gasteiger partial charge >= 0.3 is 0 Å². The number of anilines is 1. The summed E-state index contributed by atoms with van der Waals surface area (Å²) in [6.07, 6.45) is 0.838. The molecule has 0 radical (unpaired) electrons. The van der Waals surface area contributed by atoms with Crippen LogP contribution in [0.4, 0.5) is 5.69 Å². The van der Waals surface area contributed by atoms with Crippen molar-refractivity contribution in [2.24, 2.45) is 0 Å². The van der Waals surface area contributed by atoms with Crippen LogP contribution < -0.4 is 10.6 Å². The molecular formula is C17H17IN2O2. The van der Waals surface area contributed by atoms with Crippen LogP contribution in [0.25, 0.3) is 0 Å². The summed E-state index contributed by atoms with van der Waals surface area (Å²) in [6, 6.07) is 14.9. The number of aryl methyl sites for hydroxylation is 1. The minimum atomic E-state index is -0.246. The molecule has 2 rings (SSSR count). The SMILES string of the molecule is CCc1ccccc1NC(=O)CNC(=O)c1ccccc1I. The lowest BCUT2D eigenvalue weighted by atomic mass is 10.1. The second-order valence-electron chi connectivity index (χ2n) is 4.72. The number of carbonyl (C=O) groups excluding carboxylic acids is 2. The monoisotopic (exact) mass is 408 g/mol. The van der Waals surface area contributed by atoms with Gasteiger partial charge in [0, 0.05) is 9.26 Å². The Balaban J connectivity index is 1.93. The second-order valence-corrected chi connectivity index (χ2v) is 5.88. The van der Waals surface area contributed by atoms with E-state index < -0.39 is 0 Å². The van der Waals surface area contributed by atoms with Crippen LogP contribution in [-0.2, 0) is 11.2 Å². The summed E-state index contributed by atoms with van der Waals surface area (Å²) >= 11 is 2.10. The minimum Gasteiger partial charge on any atom is -0.343 e. The van der Waals surface area contributed by atoms with Crippen LogP contribution in [-0.4, -0.2) is 18.4 Å². The van der Waals surface area contributed by atoms with Gasteiger partial charge in [-0.2, -0.15) is 0 Å². The van der Waals surface area contributed by atoms with Crippen molar-refractivity contribution < 1.29 is 9.59 Å². The Morgan fingerprint density at radius 1 is 1.05 bits per heavy atom. The van der Waals surface area contributed by atoms with Crippen LogP contribution in [0, 0.1) is 3.57 Å². The lowest BCUT2D eigenvalue weighted by Crippen LogP contribution is -2.33. The first-order valence-corrected chi connectivity index (χ1v) is 8.10. The average molecular weight is 408 g/mol. The highest BCUT2D eigenvalue weighted by Gasteiger charge is 2.11. The molecule has 5 heteroatoms. The van der Waals surface area contributed by atoms with E-state index in [9.17, 15) is 9.59 Å². The Morgan fingerprint density at radius 2 is 1.73 bits per heavy atom. The van der Waals surface area contributed by atoms with E-state index in [4.69, 9.17) is 0 Å². The van der Waals surface area contributed by atoms with Crippen LogP contribution in [0.1, 0.15) is 22.8 Å². The zero-order valence-electron chi connectivity index (χ0n) is 12.2. The van der Waals surface area contributed by atoms with Crippen LogP contribution >= 0.6 is 22.6 Å². The van der Waals surface area contributed by atoms with Crippen molar-refractivity contribution in [2.45, 2.75) is 13.3 Å². The largest absolute Gasteiger partial charge is 0.343 e. The molecule has 0 aliphatic rings. The molecule has 0 spiro atoms. The van der Waals surface area contributed by atoms with Crippen molar-refractivity contribution in [3.8, 4) is 0 Å². The first kappa shape index (κ1) is 16.5. The van der Waals surface area contributed by atoms with E-state index in [0.717, 1.165) is 21.2 Å². The highest BCUT2D eigenvalue weighted by Crippen LogP contribution is 2.15. The summed E-state index contributed by atoms with van der Waals surface area (Å²) in [5, 5.41) is 5.47. The van der Waals surface area contributed by atoms with Crippen molar-refractivity contribution in [2.75, 3.05) is 11.9 Å². The molecule has 2 aromatic rings. The van der Waals surface area contributed by atoms with Crippen LogP contribution in [0.2, 0.25) is 0 Å². The number of para-hydroxylation sites is 1. The Hall–Kier alpha value is -1.89. The third-order valence-corrected chi connectivity index (χ3v) is 4.14. The molecule has 0 aliphatic carbocycles. The fraction of sp³-hybridized carbons (Fsp3) is 0.176. The number of benzene rings is 2. The number of rotatable bonds is 5. The number of hydrogen-bond donors (Lipinski definition) is 2. The first-order valence-electron chi connectivity index (χ1n) is 7.02. The molecular weight excluding hydrogens is 391 g/mol. The molecule has 0 bridgehead atoms. The summed E-state index contributed by atoms with van der Waals surface area (Å²) in [5.74, 6) is -0.482. The predicted molar refractivity (Wildman–Crippen MR) is 95.9 cm³/mol. The lowest BCUT2D eigenvalue weighted by Gasteiger charge is -2.10. The highest BCUT2D eigenvalue weighted by atomic mass is 127. The molecule has 0 aliphatic heterocycles. The number of amides is 2. The van der Waals surface area contributed by atoms with Gasteiger partial charge in [-0.05, 0) is 52.8 Å². The molecule has 0 atom stereocenters. The molecule has 0 aromatic heterocycles. The van der Waals surface area contributed by atoms with Crippen molar-refractivity contribution in [1.82, 2.24) is 5.32 Å². The molecule has 2 aromatic carbocycles. The van der Waals surface area contributed by atoms with E-state index in [2.05, 4.69) is 33.2 Å². The van der Waals surface area contributed by atoms with E-state index in [0.29, 0.717) is 5.56 Å². The van der Waals surface area contributed by atoms with Gasteiger partial charge < -0.3 is 10.6 Å². The van der Waals surface area contributed by atoms with Crippen molar-refractivity contribution in [3.05, 3.63) is 63.2 Å². The maximum atomic E-state index is 12.0. The van der Waals surface area contributed by atoms with Gasteiger partial charge in [0.1, 0.15) is 0 Å². The summed E-state index contributed by atoms with van der Waals surface area (Å²) in [6.45, 7) is 1.98. The zero-order chi connectivity index (χ0) is 15.9. The van der Waals surface area contributed by atoms with E-state index >= 15 is 0 Å². The van der Waals surface area contributed by atoms with Gasteiger partial charge in [-0.15, -0.1) is 0 Å². The summed E-state index contributed by atoms with van der Waals surface area (Å²) < 4.78 is 0.856. The van der Waals surface area contributed by atoms with E-state index in [-0.39, 0.29) is 18.4 Å². The van der Waals surface area contributed by atoms with Gasteiger partial charge in [0.15, 0.2) is 0 Å². The summed E-state index contributed by atoms with van der Waals surface area (Å²) in [5.41, 5.74) is 2.43. The Labute approximate surface area is 143 Å². The topological polar surface area (TPSA) is 58.2 Å². The van der Waals surface area contributed by atoms with Gasteiger partial charge in [0.2, 0.25) is 5.91 Å². The fourth-order valence-corrected chi connectivity index (χ4v) is 2.68. The first-order chi connectivity index (χ1) is 10.6. The lowest BCUT2D eigenvalue weighted by molar-refractivity contribution is -0.115. The molecule has 4 nitrogen and oxygen atoms in total. The second kappa shape index (κ2) is 7.93. The number of nitrogens with one attached hydrogen (secondary N) is 2. The standard InChI is InChI=1S/C17H17IN2O2/c1-2-12-7-3-6-10-15(12)20-16(21)11-19-17(22)13-8-4-5-9-14(13)18/h3-10H,2,11H2,1H3,(H,19,22)(H,20,21).